The number of benzene rings is 3. The first-order chi connectivity index (χ1) is 11.4. The SMILES string of the molecule is c1ccc(N(c2ccccc2)c2cccc3ccncc23)cc1. The van der Waals surface area contributed by atoms with Crippen molar-refractivity contribution in [3.8, 4) is 0 Å². The van der Waals surface area contributed by atoms with E-state index in [1.807, 2.05) is 30.6 Å². The van der Waals surface area contributed by atoms with Crippen LogP contribution < -0.4 is 4.90 Å². The third kappa shape index (κ3) is 2.55. The smallest absolute Gasteiger partial charge is 0.0555 e. The van der Waals surface area contributed by atoms with Crippen molar-refractivity contribution in [2.24, 2.45) is 0 Å². The summed E-state index contributed by atoms with van der Waals surface area (Å²) in [4.78, 5) is 6.58. The maximum Gasteiger partial charge on any atom is 0.0555 e. The number of nitrogens with zero attached hydrogens (tertiary/aromatic N) is 2. The lowest BCUT2D eigenvalue weighted by Gasteiger charge is -2.26. The molecule has 4 aromatic rings. The van der Waals surface area contributed by atoms with Crippen LogP contribution in [0.2, 0.25) is 0 Å². The normalized spacial score (nSPS) is 10.6. The Bertz CT molecular complexity index is 873. The maximum absolute atomic E-state index is 4.32. The third-order valence-corrected chi connectivity index (χ3v) is 3.93. The molecule has 0 saturated carbocycles. The van der Waals surface area contributed by atoms with Gasteiger partial charge in [-0.2, -0.15) is 0 Å². The minimum Gasteiger partial charge on any atom is -0.310 e. The molecule has 1 heterocycles. The molecule has 0 N–H and O–H groups in total. The van der Waals surface area contributed by atoms with Gasteiger partial charge in [-0.1, -0.05) is 48.5 Å². The van der Waals surface area contributed by atoms with Gasteiger partial charge in [0, 0.05) is 29.2 Å². The van der Waals surface area contributed by atoms with Gasteiger partial charge in [-0.25, -0.2) is 0 Å². The monoisotopic (exact) mass is 296 g/mol. The van der Waals surface area contributed by atoms with E-state index in [4.69, 9.17) is 0 Å². The first-order valence-corrected chi connectivity index (χ1v) is 7.66. The minimum absolute atomic E-state index is 1.13. The van der Waals surface area contributed by atoms with E-state index in [1.54, 1.807) is 0 Å². The fourth-order valence-corrected chi connectivity index (χ4v) is 2.87. The molecule has 0 aliphatic rings. The molecule has 0 aliphatic heterocycles. The minimum atomic E-state index is 1.13. The number of hydrogen-bond acceptors (Lipinski definition) is 2. The molecule has 0 aliphatic carbocycles. The van der Waals surface area contributed by atoms with Crippen LogP contribution in [0.15, 0.2) is 97.3 Å². The van der Waals surface area contributed by atoms with Crippen molar-refractivity contribution >= 4 is 27.8 Å². The molecule has 0 bridgehead atoms. The van der Waals surface area contributed by atoms with Crippen LogP contribution in [-0.2, 0) is 0 Å². The van der Waals surface area contributed by atoms with Crippen LogP contribution in [-0.4, -0.2) is 4.98 Å². The number of para-hydroxylation sites is 2. The fourth-order valence-electron chi connectivity index (χ4n) is 2.87. The number of fused-ring (bicyclic) bond motifs is 1. The van der Waals surface area contributed by atoms with E-state index in [2.05, 4.69) is 76.6 Å². The molecule has 1 aromatic heterocycles. The van der Waals surface area contributed by atoms with E-state index in [0.29, 0.717) is 0 Å². The number of anilines is 3. The summed E-state index contributed by atoms with van der Waals surface area (Å²) in [5.41, 5.74) is 3.40. The van der Waals surface area contributed by atoms with Crippen LogP contribution >= 0.6 is 0 Å². The number of pyridine rings is 1. The van der Waals surface area contributed by atoms with Crippen molar-refractivity contribution in [1.82, 2.24) is 4.98 Å². The standard InChI is InChI=1S/C21H16N2/c1-3-9-18(10-4-1)23(19-11-5-2-6-12-19)21-13-7-8-17-14-15-22-16-20(17)21/h1-16H. The van der Waals surface area contributed by atoms with Gasteiger partial charge in [-0.05, 0) is 41.8 Å². The zero-order chi connectivity index (χ0) is 15.5. The molecule has 110 valence electrons. The first kappa shape index (κ1) is 13.5. The highest BCUT2D eigenvalue weighted by atomic mass is 15.1. The zero-order valence-corrected chi connectivity index (χ0v) is 12.6. The molecule has 0 unspecified atom stereocenters. The van der Waals surface area contributed by atoms with Crippen molar-refractivity contribution in [2.45, 2.75) is 0 Å². The van der Waals surface area contributed by atoms with Crippen molar-refractivity contribution in [3.05, 3.63) is 97.3 Å². The summed E-state index contributed by atoms with van der Waals surface area (Å²) < 4.78 is 0. The summed E-state index contributed by atoms with van der Waals surface area (Å²) in [6, 6.07) is 29.2. The molecule has 0 saturated heterocycles. The van der Waals surface area contributed by atoms with Crippen LogP contribution in [0.4, 0.5) is 17.1 Å². The summed E-state index contributed by atoms with van der Waals surface area (Å²) in [5.74, 6) is 0. The summed E-state index contributed by atoms with van der Waals surface area (Å²) >= 11 is 0. The second kappa shape index (κ2) is 5.93. The second-order valence-electron chi connectivity index (χ2n) is 5.38. The van der Waals surface area contributed by atoms with Gasteiger partial charge in [0.25, 0.3) is 0 Å². The Hall–Kier alpha value is -3.13. The first-order valence-electron chi connectivity index (χ1n) is 7.66. The van der Waals surface area contributed by atoms with Gasteiger partial charge in [0.05, 0.1) is 5.69 Å². The summed E-state index contributed by atoms with van der Waals surface area (Å²) in [6.07, 6.45) is 3.77. The van der Waals surface area contributed by atoms with Crippen LogP contribution in [0.1, 0.15) is 0 Å². The molecule has 2 nitrogen and oxygen atoms in total. The van der Waals surface area contributed by atoms with Gasteiger partial charge in [-0.15, -0.1) is 0 Å². The predicted molar refractivity (Wildman–Crippen MR) is 96.4 cm³/mol. The maximum atomic E-state index is 4.32. The molecule has 2 heteroatoms. The van der Waals surface area contributed by atoms with E-state index >= 15 is 0 Å². The van der Waals surface area contributed by atoms with E-state index < -0.39 is 0 Å². The number of hydrogen-bond donors (Lipinski definition) is 0. The summed E-state index contributed by atoms with van der Waals surface area (Å²) in [7, 11) is 0. The Kier molecular flexibility index (Phi) is 3.49. The van der Waals surface area contributed by atoms with Crippen LogP contribution in [0.3, 0.4) is 0 Å². The average molecular weight is 296 g/mol. The highest BCUT2D eigenvalue weighted by Gasteiger charge is 2.14. The summed E-state index contributed by atoms with van der Waals surface area (Å²) in [6.45, 7) is 0. The Morgan fingerprint density at radius 3 is 1.91 bits per heavy atom. The Balaban J connectivity index is 1.98. The Morgan fingerprint density at radius 2 is 1.26 bits per heavy atom. The van der Waals surface area contributed by atoms with Gasteiger partial charge in [0.15, 0.2) is 0 Å². The van der Waals surface area contributed by atoms with Gasteiger partial charge in [0.2, 0.25) is 0 Å². The van der Waals surface area contributed by atoms with E-state index in [9.17, 15) is 0 Å². The number of rotatable bonds is 3. The van der Waals surface area contributed by atoms with Crippen molar-refractivity contribution in [2.75, 3.05) is 4.90 Å². The lowest BCUT2D eigenvalue weighted by atomic mass is 10.1. The highest BCUT2D eigenvalue weighted by Crippen LogP contribution is 2.37. The van der Waals surface area contributed by atoms with Gasteiger partial charge >= 0.3 is 0 Å². The molecule has 23 heavy (non-hydrogen) atoms. The van der Waals surface area contributed by atoms with E-state index in [0.717, 1.165) is 22.4 Å². The van der Waals surface area contributed by atoms with Gasteiger partial charge < -0.3 is 4.90 Å². The Morgan fingerprint density at radius 1 is 0.609 bits per heavy atom. The topological polar surface area (TPSA) is 16.1 Å². The molecule has 0 atom stereocenters. The quantitative estimate of drug-likeness (QED) is 0.482. The van der Waals surface area contributed by atoms with Crippen molar-refractivity contribution in [3.63, 3.8) is 0 Å². The van der Waals surface area contributed by atoms with Crippen molar-refractivity contribution in [1.29, 1.82) is 0 Å². The van der Waals surface area contributed by atoms with Crippen LogP contribution in [0.5, 0.6) is 0 Å². The molecular weight excluding hydrogens is 280 g/mol. The lowest BCUT2D eigenvalue weighted by molar-refractivity contribution is 1.29. The molecule has 0 spiro atoms. The van der Waals surface area contributed by atoms with Gasteiger partial charge in [-0.3, -0.25) is 4.98 Å². The molecule has 0 amide bonds. The van der Waals surface area contributed by atoms with Crippen LogP contribution in [0, 0.1) is 0 Å². The largest absolute Gasteiger partial charge is 0.310 e. The summed E-state index contributed by atoms with van der Waals surface area (Å²) in [5, 5.41) is 2.33. The second-order valence-corrected chi connectivity index (χ2v) is 5.38. The molecule has 0 radical (unpaired) electrons. The van der Waals surface area contributed by atoms with Gasteiger partial charge in [0.1, 0.15) is 0 Å². The molecule has 3 aromatic carbocycles. The van der Waals surface area contributed by atoms with E-state index in [-0.39, 0.29) is 0 Å². The third-order valence-electron chi connectivity index (χ3n) is 3.93. The molecular formula is C21H16N2. The van der Waals surface area contributed by atoms with Crippen LogP contribution in [0.25, 0.3) is 10.8 Å². The molecule has 4 rings (SSSR count). The highest BCUT2D eigenvalue weighted by molar-refractivity contribution is 5.98. The Labute approximate surface area is 135 Å². The predicted octanol–water partition coefficient (Wildman–Crippen LogP) is 5.70. The van der Waals surface area contributed by atoms with Crippen molar-refractivity contribution < 1.29 is 0 Å². The molecule has 0 fully saturated rings. The fraction of sp³-hybridized carbons (Fsp3) is 0. The lowest BCUT2D eigenvalue weighted by Crippen LogP contribution is -2.10. The number of aromatic nitrogens is 1. The van der Waals surface area contributed by atoms with E-state index in [1.165, 1.54) is 5.39 Å². The zero-order valence-electron chi connectivity index (χ0n) is 12.6. The average Bonchev–Trinajstić information content (AvgIpc) is 2.64.